The maximum atomic E-state index is 13.8. The van der Waals surface area contributed by atoms with Crippen molar-refractivity contribution in [2.24, 2.45) is 0 Å². The Bertz CT molecular complexity index is 1000. The molecule has 156 valence electrons. The number of carbonyl (C=O) groups excluding carboxylic acids is 2. The van der Waals surface area contributed by atoms with Crippen LogP contribution in [-0.4, -0.2) is 37.5 Å². The fourth-order valence-corrected chi connectivity index (χ4v) is 2.66. The minimum absolute atomic E-state index is 0.153. The summed E-state index contributed by atoms with van der Waals surface area (Å²) < 4.78 is 29.2. The number of hydrogen-bond donors (Lipinski definition) is 1. The first-order chi connectivity index (χ1) is 14.5. The van der Waals surface area contributed by atoms with Gasteiger partial charge in [0.1, 0.15) is 5.75 Å². The third-order valence-electron chi connectivity index (χ3n) is 4.28. The van der Waals surface area contributed by atoms with Crippen LogP contribution in [0.3, 0.4) is 0 Å². The molecule has 1 heterocycles. The van der Waals surface area contributed by atoms with E-state index < -0.39 is 5.82 Å². The largest absolute Gasteiger partial charge is 0.494 e. The van der Waals surface area contributed by atoms with E-state index in [1.807, 2.05) is 0 Å². The molecule has 2 aromatic carbocycles. The number of amides is 2. The molecule has 3 rings (SSSR count). The highest BCUT2D eigenvalue weighted by atomic mass is 19.1. The van der Waals surface area contributed by atoms with Crippen molar-refractivity contribution in [2.45, 2.75) is 6.54 Å². The summed E-state index contributed by atoms with van der Waals surface area (Å²) in [6.07, 6.45) is 1.42. The fraction of sp³-hybridized carbons (Fsp3) is 0.182. The van der Waals surface area contributed by atoms with Gasteiger partial charge in [-0.2, -0.15) is 0 Å². The van der Waals surface area contributed by atoms with Crippen molar-refractivity contribution in [1.29, 1.82) is 0 Å². The summed E-state index contributed by atoms with van der Waals surface area (Å²) in [6, 6.07) is 14.3. The molecule has 30 heavy (non-hydrogen) atoms. The van der Waals surface area contributed by atoms with E-state index in [9.17, 15) is 14.0 Å². The molecule has 8 heteroatoms. The number of furan rings is 1. The lowest BCUT2D eigenvalue weighted by Gasteiger charge is -2.18. The lowest BCUT2D eigenvalue weighted by Crippen LogP contribution is -2.31. The average molecular weight is 412 g/mol. The van der Waals surface area contributed by atoms with Gasteiger partial charge in [-0.3, -0.25) is 9.59 Å². The number of methoxy groups -OCH3 is 1. The first kappa shape index (κ1) is 20.9. The van der Waals surface area contributed by atoms with Crippen LogP contribution in [0.2, 0.25) is 0 Å². The van der Waals surface area contributed by atoms with Crippen LogP contribution >= 0.6 is 0 Å². The van der Waals surface area contributed by atoms with Gasteiger partial charge in [-0.05, 0) is 54.1 Å². The van der Waals surface area contributed by atoms with Crippen LogP contribution in [0.25, 0.3) is 0 Å². The smallest absolute Gasteiger partial charge is 0.291 e. The van der Waals surface area contributed by atoms with Gasteiger partial charge >= 0.3 is 0 Å². The van der Waals surface area contributed by atoms with Crippen molar-refractivity contribution in [2.75, 3.05) is 26.1 Å². The summed E-state index contributed by atoms with van der Waals surface area (Å²) in [5.41, 5.74) is 1.20. The van der Waals surface area contributed by atoms with Crippen molar-refractivity contribution in [3.05, 3.63) is 78.0 Å². The Morgan fingerprint density at radius 1 is 1.13 bits per heavy atom. The van der Waals surface area contributed by atoms with Crippen LogP contribution in [0.1, 0.15) is 16.1 Å². The average Bonchev–Trinajstić information content (AvgIpc) is 3.28. The van der Waals surface area contributed by atoms with Gasteiger partial charge in [0.25, 0.3) is 11.8 Å². The molecule has 0 fully saturated rings. The number of ether oxygens (including phenoxy) is 2. The number of anilines is 1. The van der Waals surface area contributed by atoms with Gasteiger partial charge in [0.15, 0.2) is 23.9 Å². The molecule has 0 aliphatic rings. The molecule has 0 unspecified atom stereocenters. The highest BCUT2D eigenvalue weighted by molar-refractivity contribution is 6.02. The number of benzene rings is 2. The number of nitrogens with zero attached hydrogens (tertiary/aromatic N) is 1. The van der Waals surface area contributed by atoms with E-state index in [1.165, 1.54) is 30.4 Å². The molecule has 0 aliphatic heterocycles. The molecule has 0 saturated heterocycles. The predicted octanol–water partition coefficient (Wildman–Crippen LogP) is 3.72. The Morgan fingerprint density at radius 2 is 1.90 bits per heavy atom. The zero-order chi connectivity index (χ0) is 21.5. The molecule has 0 bridgehead atoms. The lowest BCUT2D eigenvalue weighted by molar-refractivity contribution is -0.132. The summed E-state index contributed by atoms with van der Waals surface area (Å²) in [5.74, 6) is -0.267. The Kier molecular flexibility index (Phi) is 6.69. The summed E-state index contributed by atoms with van der Waals surface area (Å²) in [4.78, 5) is 25.7. The second-order valence-electron chi connectivity index (χ2n) is 6.46. The van der Waals surface area contributed by atoms with Crippen molar-refractivity contribution in [3.63, 3.8) is 0 Å². The van der Waals surface area contributed by atoms with Crippen LogP contribution in [0.5, 0.6) is 11.5 Å². The van der Waals surface area contributed by atoms with Crippen LogP contribution in [0.4, 0.5) is 10.1 Å². The Morgan fingerprint density at radius 3 is 2.53 bits per heavy atom. The number of nitrogens with one attached hydrogen (secondary N) is 1. The van der Waals surface area contributed by atoms with Gasteiger partial charge in [-0.15, -0.1) is 0 Å². The maximum absolute atomic E-state index is 13.8. The second kappa shape index (κ2) is 9.60. The Labute approximate surface area is 173 Å². The van der Waals surface area contributed by atoms with E-state index in [4.69, 9.17) is 13.9 Å². The van der Waals surface area contributed by atoms with Crippen LogP contribution in [0.15, 0.2) is 65.3 Å². The lowest BCUT2D eigenvalue weighted by atomic mass is 10.2. The molecule has 7 nitrogen and oxygen atoms in total. The van der Waals surface area contributed by atoms with Gasteiger partial charge in [0, 0.05) is 19.3 Å². The van der Waals surface area contributed by atoms with Crippen LogP contribution in [-0.2, 0) is 11.3 Å². The van der Waals surface area contributed by atoms with E-state index in [0.29, 0.717) is 17.0 Å². The molecule has 0 spiro atoms. The standard InChI is InChI=1S/C22H21FN2O5/c1-25(13-15-5-10-19(28-2)18(23)12-15)21(26)14-30-17-8-6-16(7-9-17)24-22(27)20-4-3-11-29-20/h3-12H,13-14H2,1-2H3,(H,24,27). The number of hydrogen-bond acceptors (Lipinski definition) is 5. The monoisotopic (exact) mass is 412 g/mol. The summed E-state index contributed by atoms with van der Waals surface area (Å²) in [6.45, 7) is 0.0636. The molecule has 1 N–H and O–H groups in total. The van der Waals surface area contributed by atoms with Gasteiger partial charge in [0.05, 0.1) is 13.4 Å². The summed E-state index contributed by atoms with van der Waals surface area (Å²) in [5, 5.41) is 2.69. The molecule has 0 atom stereocenters. The third-order valence-corrected chi connectivity index (χ3v) is 4.28. The van der Waals surface area contributed by atoms with E-state index in [0.717, 1.165) is 0 Å². The van der Waals surface area contributed by atoms with Gasteiger partial charge in [-0.25, -0.2) is 4.39 Å². The van der Waals surface area contributed by atoms with Crippen molar-refractivity contribution in [1.82, 2.24) is 4.90 Å². The van der Waals surface area contributed by atoms with E-state index in [-0.39, 0.29) is 36.5 Å². The topological polar surface area (TPSA) is 81.0 Å². The third kappa shape index (κ3) is 5.38. The zero-order valence-electron chi connectivity index (χ0n) is 16.6. The minimum atomic E-state index is -0.480. The molecule has 0 radical (unpaired) electrons. The number of rotatable bonds is 8. The Balaban J connectivity index is 1.49. The Hall–Kier alpha value is -3.81. The van der Waals surface area contributed by atoms with Gasteiger partial charge in [-0.1, -0.05) is 6.07 Å². The first-order valence-corrected chi connectivity index (χ1v) is 9.10. The van der Waals surface area contributed by atoms with Crippen LogP contribution in [0, 0.1) is 5.82 Å². The minimum Gasteiger partial charge on any atom is -0.494 e. The van der Waals surface area contributed by atoms with Gasteiger partial charge in [0.2, 0.25) is 0 Å². The molecule has 1 aromatic heterocycles. The predicted molar refractivity (Wildman–Crippen MR) is 108 cm³/mol. The summed E-state index contributed by atoms with van der Waals surface area (Å²) >= 11 is 0. The zero-order valence-corrected chi connectivity index (χ0v) is 16.6. The molecule has 2 amide bonds. The maximum Gasteiger partial charge on any atom is 0.291 e. The van der Waals surface area contributed by atoms with E-state index >= 15 is 0 Å². The second-order valence-corrected chi connectivity index (χ2v) is 6.46. The molecule has 0 aliphatic carbocycles. The first-order valence-electron chi connectivity index (χ1n) is 9.10. The van der Waals surface area contributed by atoms with Crippen molar-refractivity contribution >= 4 is 17.5 Å². The number of halogens is 1. The molecular formula is C22H21FN2O5. The highest BCUT2D eigenvalue weighted by Gasteiger charge is 2.13. The SMILES string of the molecule is COc1ccc(CN(C)C(=O)COc2ccc(NC(=O)c3ccco3)cc2)cc1F. The quantitative estimate of drug-likeness (QED) is 0.610. The fourth-order valence-electron chi connectivity index (χ4n) is 2.66. The molecule has 0 saturated carbocycles. The number of likely N-dealkylation sites (N-methyl/N-ethyl adjacent to an activating group) is 1. The van der Waals surface area contributed by atoms with Crippen molar-refractivity contribution < 1.29 is 27.9 Å². The highest BCUT2D eigenvalue weighted by Crippen LogP contribution is 2.19. The van der Waals surface area contributed by atoms with Gasteiger partial charge < -0.3 is 24.1 Å². The molecule has 3 aromatic rings. The number of carbonyl (C=O) groups is 2. The van der Waals surface area contributed by atoms with Crippen LogP contribution < -0.4 is 14.8 Å². The summed E-state index contributed by atoms with van der Waals surface area (Å²) in [7, 11) is 3.01. The van der Waals surface area contributed by atoms with E-state index in [2.05, 4.69) is 5.32 Å². The molecular weight excluding hydrogens is 391 g/mol. The normalized spacial score (nSPS) is 10.4. The van der Waals surface area contributed by atoms with Crippen molar-refractivity contribution in [3.8, 4) is 11.5 Å². The van der Waals surface area contributed by atoms with E-state index in [1.54, 1.807) is 49.5 Å².